The summed E-state index contributed by atoms with van der Waals surface area (Å²) in [6.45, 7) is 5.13. The molecule has 0 saturated heterocycles. The number of methoxy groups -OCH3 is 1. The van der Waals surface area contributed by atoms with Crippen molar-refractivity contribution in [1.29, 1.82) is 0 Å². The molecule has 2 aromatic heterocycles. The third-order valence-electron chi connectivity index (χ3n) is 2.99. The van der Waals surface area contributed by atoms with Gasteiger partial charge in [-0.1, -0.05) is 13.8 Å². The molecule has 0 radical (unpaired) electrons. The largest absolute Gasteiger partial charge is 0.480 e. The standard InChI is InChI=1S/C14H19N3OS/c1-4-10-6-9-19-13(10)11(15-5-2)12-14(18-3)17-8-7-16-12/h6-9,11,15H,4-5H2,1-3H3. The Hall–Kier alpha value is -1.46. The topological polar surface area (TPSA) is 47.0 Å². The van der Waals surface area contributed by atoms with E-state index in [-0.39, 0.29) is 6.04 Å². The van der Waals surface area contributed by atoms with E-state index in [2.05, 4.69) is 40.6 Å². The summed E-state index contributed by atoms with van der Waals surface area (Å²) in [5, 5.41) is 5.60. The Bertz CT molecular complexity index is 527. The molecule has 0 aliphatic carbocycles. The molecule has 5 heteroatoms. The summed E-state index contributed by atoms with van der Waals surface area (Å²) in [6, 6.07) is 2.22. The molecule has 0 aliphatic rings. The van der Waals surface area contributed by atoms with E-state index in [1.54, 1.807) is 30.8 Å². The summed E-state index contributed by atoms with van der Waals surface area (Å²) in [6.07, 6.45) is 4.38. The first kappa shape index (κ1) is 14.0. The van der Waals surface area contributed by atoms with Crippen LogP contribution in [0.25, 0.3) is 0 Å². The molecule has 0 fully saturated rings. The third kappa shape index (κ3) is 2.93. The van der Waals surface area contributed by atoms with Crippen molar-refractivity contribution in [3.05, 3.63) is 40.0 Å². The lowest BCUT2D eigenvalue weighted by molar-refractivity contribution is 0.383. The molecule has 1 unspecified atom stereocenters. The highest BCUT2D eigenvalue weighted by atomic mass is 32.1. The summed E-state index contributed by atoms with van der Waals surface area (Å²) in [5.41, 5.74) is 2.20. The van der Waals surface area contributed by atoms with Crippen molar-refractivity contribution in [2.45, 2.75) is 26.3 Å². The van der Waals surface area contributed by atoms with Crippen LogP contribution >= 0.6 is 11.3 Å². The zero-order valence-electron chi connectivity index (χ0n) is 11.5. The maximum absolute atomic E-state index is 5.34. The quantitative estimate of drug-likeness (QED) is 0.882. The minimum atomic E-state index is 0.0450. The van der Waals surface area contributed by atoms with Crippen LogP contribution in [0, 0.1) is 0 Å². The first-order chi connectivity index (χ1) is 9.31. The smallest absolute Gasteiger partial charge is 0.237 e. The van der Waals surface area contributed by atoms with Crippen LogP contribution in [0.5, 0.6) is 5.88 Å². The van der Waals surface area contributed by atoms with Gasteiger partial charge < -0.3 is 10.1 Å². The highest BCUT2D eigenvalue weighted by Crippen LogP contribution is 2.32. The Morgan fingerprint density at radius 1 is 1.32 bits per heavy atom. The zero-order chi connectivity index (χ0) is 13.7. The number of nitrogens with one attached hydrogen (secondary N) is 1. The maximum atomic E-state index is 5.34. The molecular formula is C14H19N3OS. The fraction of sp³-hybridized carbons (Fsp3) is 0.429. The van der Waals surface area contributed by atoms with E-state index in [0.29, 0.717) is 5.88 Å². The number of hydrogen-bond acceptors (Lipinski definition) is 5. The lowest BCUT2D eigenvalue weighted by atomic mass is 10.1. The van der Waals surface area contributed by atoms with Crippen molar-refractivity contribution in [2.75, 3.05) is 13.7 Å². The summed E-state index contributed by atoms with van der Waals surface area (Å²) in [5.74, 6) is 0.587. The van der Waals surface area contributed by atoms with Crippen molar-refractivity contribution in [3.63, 3.8) is 0 Å². The number of thiophene rings is 1. The molecule has 1 atom stereocenters. The van der Waals surface area contributed by atoms with Gasteiger partial charge in [0, 0.05) is 17.3 Å². The van der Waals surface area contributed by atoms with Gasteiger partial charge in [0.05, 0.1) is 13.2 Å². The first-order valence-electron chi connectivity index (χ1n) is 6.46. The number of ether oxygens (including phenoxy) is 1. The Morgan fingerprint density at radius 2 is 2.11 bits per heavy atom. The van der Waals surface area contributed by atoms with Crippen LogP contribution in [0.1, 0.15) is 36.0 Å². The Morgan fingerprint density at radius 3 is 2.79 bits per heavy atom. The van der Waals surface area contributed by atoms with Crippen molar-refractivity contribution in [2.24, 2.45) is 0 Å². The SMILES string of the molecule is CCNC(c1nccnc1OC)c1sccc1CC. The number of nitrogens with zero attached hydrogens (tertiary/aromatic N) is 2. The van der Waals surface area contributed by atoms with Crippen molar-refractivity contribution in [3.8, 4) is 5.88 Å². The second kappa shape index (κ2) is 6.63. The maximum Gasteiger partial charge on any atom is 0.237 e. The molecule has 2 rings (SSSR count). The van der Waals surface area contributed by atoms with Crippen LogP contribution < -0.4 is 10.1 Å². The Balaban J connectivity index is 2.45. The predicted molar refractivity (Wildman–Crippen MR) is 77.8 cm³/mol. The fourth-order valence-electron chi connectivity index (χ4n) is 2.10. The second-order valence-electron chi connectivity index (χ2n) is 4.11. The normalized spacial score (nSPS) is 12.4. The molecule has 19 heavy (non-hydrogen) atoms. The molecule has 102 valence electrons. The van der Waals surface area contributed by atoms with Crippen molar-refractivity contribution < 1.29 is 4.74 Å². The Labute approximate surface area is 117 Å². The predicted octanol–water partition coefficient (Wildman–Crippen LogP) is 2.81. The highest BCUT2D eigenvalue weighted by Gasteiger charge is 2.22. The van der Waals surface area contributed by atoms with Gasteiger partial charge in [0.1, 0.15) is 5.69 Å². The third-order valence-corrected chi connectivity index (χ3v) is 4.01. The molecule has 1 N–H and O–H groups in total. The van der Waals surface area contributed by atoms with Gasteiger partial charge in [-0.3, -0.25) is 4.98 Å². The second-order valence-corrected chi connectivity index (χ2v) is 5.05. The number of rotatable bonds is 6. The van der Waals surface area contributed by atoms with E-state index in [0.717, 1.165) is 18.7 Å². The van der Waals surface area contributed by atoms with E-state index in [1.165, 1.54) is 10.4 Å². The molecule has 0 aliphatic heterocycles. The lowest BCUT2D eigenvalue weighted by Crippen LogP contribution is -2.23. The van der Waals surface area contributed by atoms with Crippen LogP contribution in [0.3, 0.4) is 0 Å². The first-order valence-corrected chi connectivity index (χ1v) is 7.34. The zero-order valence-corrected chi connectivity index (χ0v) is 12.3. The van der Waals surface area contributed by atoms with E-state index < -0.39 is 0 Å². The molecule has 0 aromatic carbocycles. The summed E-state index contributed by atoms with van der Waals surface area (Å²) in [4.78, 5) is 10.00. The minimum absolute atomic E-state index is 0.0450. The van der Waals surface area contributed by atoms with Crippen LogP contribution in [0.15, 0.2) is 23.8 Å². The van der Waals surface area contributed by atoms with Crippen molar-refractivity contribution >= 4 is 11.3 Å². The molecule has 2 heterocycles. The summed E-state index contributed by atoms with van der Waals surface area (Å²) < 4.78 is 5.34. The average Bonchev–Trinajstić information content (AvgIpc) is 2.93. The van der Waals surface area contributed by atoms with Crippen LogP contribution in [0.2, 0.25) is 0 Å². The molecule has 0 saturated carbocycles. The van der Waals surface area contributed by atoms with Gasteiger partial charge in [-0.15, -0.1) is 11.3 Å². The van der Waals surface area contributed by atoms with Gasteiger partial charge in [-0.05, 0) is 30.0 Å². The van der Waals surface area contributed by atoms with E-state index in [9.17, 15) is 0 Å². The van der Waals surface area contributed by atoms with Crippen molar-refractivity contribution in [1.82, 2.24) is 15.3 Å². The molecule has 0 spiro atoms. The van der Waals surface area contributed by atoms with Gasteiger partial charge in [0.15, 0.2) is 0 Å². The highest BCUT2D eigenvalue weighted by molar-refractivity contribution is 7.10. The molecule has 0 bridgehead atoms. The van der Waals surface area contributed by atoms with Crippen LogP contribution in [-0.4, -0.2) is 23.6 Å². The minimum Gasteiger partial charge on any atom is -0.480 e. The Kier molecular flexibility index (Phi) is 4.87. The van der Waals surface area contributed by atoms with Gasteiger partial charge in [0.25, 0.3) is 0 Å². The fourth-order valence-corrected chi connectivity index (χ4v) is 3.18. The lowest BCUT2D eigenvalue weighted by Gasteiger charge is -2.19. The summed E-state index contributed by atoms with van der Waals surface area (Å²) >= 11 is 1.75. The van der Waals surface area contributed by atoms with Gasteiger partial charge in [-0.25, -0.2) is 4.98 Å². The molecule has 4 nitrogen and oxygen atoms in total. The monoisotopic (exact) mass is 277 g/mol. The van der Waals surface area contributed by atoms with Crippen LogP contribution in [-0.2, 0) is 6.42 Å². The van der Waals surface area contributed by atoms with Gasteiger partial charge in [-0.2, -0.15) is 0 Å². The van der Waals surface area contributed by atoms with E-state index >= 15 is 0 Å². The molecule has 2 aromatic rings. The number of aryl methyl sites for hydroxylation is 1. The number of aromatic nitrogens is 2. The van der Waals surface area contributed by atoms with Gasteiger partial charge in [0.2, 0.25) is 5.88 Å². The molecule has 0 amide bonds. The number of hydrogen-bond donors (Lipinski definition) is 1. The summed E-state index contributed by atoms with van der Waals surface area (Å²) in [7, 11) is 1.63. The molecular weight excluding hydrogens is 258 g/mol. The van der Waals surface area contributed by atoms with E-state index in [4.69, 9.17) is 4.74 Å². The van der Waals surface area contributed by atoms with Crippen LogP contribution in [0.4, 0.5) is 0 Å². The van der Waals surface area contributed by atoms with Gasteiger partial charge >= 0.3 is 0 Å². The average molecular weight is 277 g/mol. The van der Waals surface area contributed by atoms with E-state index in [1.807, 2.05) is 0 Å².